The molecule has 0 radical (unpaired) electrons. The Morgan fingerprint density at radius 2 is 1.55 bits per heavy atom. The van der Waals surface area contributed by atoms with Gasteiger partial charge in [0.25, 0.3) is 5.91 Å². The van der Waals surface area contributed by atoms with Crippen LogP contribution in [0.1, 0.15) is 71.6 Å². The van der Waals surface area contributed by atoms with E-state index in [4.69, 9.17) is 4.74 Å². The number of phenols is 1. The van der Waals surface area contributed by atoms with E-state index in [0.717, 1.165) is 92.2 Å². The highest BCUT2D eigenvalue weighted by atomic mass is 16.5. The molecule has 4 aliphatic heterocycles. The molecule has 10 heteroatoms. The molecule has 4 heterocycles. The third-order valence-electron chi connectivity index (χ3n) is 11.9. The topological polar surface area (TPSA) is 114 Å². The summed E-state index contributed by atoms with van der Waals surface area (Å²) >= 11 is 0. The molecule has 4 aromatic rings. The van der Waals surface area contributed by atoms with Gasteiger partial charge in [-0.1, -0.05) is 61.5 Å². The molecule has 4 aliphatic rings. The van der Waals surface area contributed by atoms with Crippen molar-refractivity contribution in [3.05, 3.63) is 125 Å². The molecule has 290 valence electrons. The maximum Gasteiger partial charge on any atom is 0.255 e. The van der Waals surface area contributed by atoms with Gasteiger partial charge in [0.2, 0.25) is 11.8 Å². The maximum atomic E-state index is 13.1. The summed E-state index contributed by atoms with van der Waals surface area (Å²) in [7, 11) is 0. The molecule has 0 spiro atoms. The zero-order chi connectivity index (χ0) is 38.6. The zero-order valence-corrected chi connectivity index (χ0v) is 32.1. The van der Waals surface area contributed by atoms with E-state index in [1.807, 2.05) is 30.3 Å². The number of benzene rings is 4. The number of imide groups is 1. The third kappa shape index (κ3) is 8.22. The summed E-state index contributed by atoms with van der Waals surface area (Å²) in [6.45, 7) is 9.04. The zero-order valence-electron chi connectivity index (χ0n) is 32.1. The molecule has 8 rings (SSSR count). The summed E-state index contributed by atoms with van der Waals surface area (Å²) < 4.78 is 6.33. The largest absolute Gasteiger partial charge is 0.508 e. The average molecular weight is 754 g/mol. The molecule has 3 amide bonds. The van der Waals surface area contributed by atoms with Crippen LogP contribution in [-0.4, -0.2) is 90.6 Å². The number of aromatic hydroxyl groups is 1. The highest BCUT2D eigenvalue weighted by molar-refractivity contribution is 6.05. The van der Waals surface area contributed by atoms with Crippen molar-refractivity contribution in [2.24, 2.45) is 5.92 Å². The molecule has 0 bridgehead atoms. The standard InChI is InChI=1S/C46H51N5O5/c1-2-40(32-6-4-3-5-7-32)44(33-9-15-38(52)16-10-33)34-11-17-39(18-12-34)56-30-31-8-13-36(47-27-31)29-49-22-24-50(25-23-49)37-14-19-41-35(26-37)28-51(46(41)55)42-20-21-43(53)48-45(42)54/h3-7,9-12,14-19,26,31,36,42,47,52H,2,8,13,20-25,27-30H2,1H3,(H,48,53,54)/b44-40-. The van der Waals surface area contributed by atoms with E-state index in [-0.39, 0.29) is 29.9 Å². The van der Waals surface area contributed by atoms with Crippen LogP contribution in [-0.2, 0) is 16.1 Å². The van der Waals surface area contributed by atoms with Crippen molar-refractivity contribution in [2.45, 2.75) is 57.7 Å². The number of carbonyl (C=O) groups is 3. The first-order valence-electron chi connectivity index (χ1n) is 20.1. The van der Waals surface area contributed by atoms with Gasteiger partial charge >= 0.3 is 0 Å². The third-order valence-corrected chi connectivity index (χ3v) is 11.9. The Morgan fingerprint density at radius 3 is 2.23 bits per heavy atom. The predicted molar refractivity (Wildman–Crippen MR) is 218 cm³/mol. The van der Waals surface area contributed by atoms with Crippen molar-refractivity contribution in [3.8, 4) is 11.5 Å². The van der Waals surface area contributed by atoms with Crippen LogP contribution in [0.3, 0.4) is 0 Å². The van der Waals surface area contributed by atoms with E-state index in [0.29, 0.717) is 37.1 Å². The Morgan fingerprint density at radius 1 is 0.821 bits per heavy atom. The molecule has 56 heavy (non-hydrogen) atoms. The van der Waals surface area contributed by atoms with Gasteiger partial charge in [0, 0.05) is 75.4 Å². The number of rotatable bonds is 11. The van der Waals surface area contributed by atoms with E-state index in [1.165, 1.54) is 11.1 Å². The molecule has 10 nitrogen and oxygen atoms in total. The van der Waals surface area contributed by atoms with E-state index >= 15 is 0 Å². The van der Waals surface area contributed by atoms with Crippen molar-refractivity contribution in [2.75, 3.05) is 50.8 Å². The minimum Gasteiger partial charge on any atom is -0.508 e. The number of nitrogens with zero attached hydrogens (tertiary/aromatic N) is 3. The van der Waals surface area contributed by atoms with Gasteiger partial charge in [0.15, 0.2) is 0 Å². The van der Waals surface area contributed by atoms with Crippen LogP contribution >= 0.6 is 0 Å². The number of nitrogens with one attached hydrogen (secondary N) is 2. The lowest BCUT2D eigenvalue weighted by Crippen LogP contribution is -2.52. The van der Waals surface area contributed by atoms with Gasteiger partial charge in [-0.15, -0.1) is 0 Å². The quantitative estimate of drug-likeness (QED) is 0.125. The summed E-state index contributed by atoms with van der Waals surface area (Å²) in [6.07, 6.45) is 3.75. The number of hydrogen-bond donors (Lipinski definition) is 3. The van der Waals surface area contributed by atoms with Gasteiger partial charge in [-0.2, -0.15) is 0 Å². The van der Waals surface area contributed by atoms with Crippen LogP contribution in [0.15, 0.2) is 97.1 Å². The van der Waals surface area contributed by atoms with Gasteiger partial charge in [-0.05, 0) is 102 Å². The van der Waals surface area contributed by atoms with E-state index < -0.39 is 6.04 Å². The first-order chi connectivity index (χ1) is 27.3. The SMILES string of the molecule is CC/C(=C(\c1ccc(O)cc1)c1ccc(OCC2CCC(CN3CCN(c4ccc5c(c4)CN(C4CCC(=O)NC4=O)C5=O)CC3)NC2)cc1)c1ccccc1. The van der Waals surface area contributed by atoms with Crippen molar-refractivity contribution in [1.82, 2.24) is 20.4 Å². The molecular formula is C46H51N5O5. The number of amides is 3. The molecule has 0 saturated carbocycles. The highest BCUT2D eigenvalue weighted by Gasteiger charge is 2.39. The van der Waals surface area contributed by atoms with Crippen LogP contribution < -0.4 is 20.3 Å². The van der Waals surface area contributed by atoms with E-state index in [2.05, 4.69) is 82.0 Å². The molecule has 3 N–H and O–H groups in total. The summed E-state index contributed by atoms with van der Waals surface area (Å²) in [5.74, 6) is 0.805. The molecule has 4 aromatic carbocycles. The Hall–Kier alpha value is -5.45. The summed E-state index contributed by atoms with van der Waals surface area (Å²) in [5, 5.41) is 16.1. The molecule has 3 saturated heterocycles. The number of allylic oxidation sites excluding steroid dienone is 1. The summed E-state index contributed by atoms with van der Waals surface area (Å²) in [5.41, 5.74) is 8.52. The number of hydrogen-bond acceptors (Lipinski definition) is 8. The molecule has 3 fully saturated rings. The normalized spacial score (nSPS) is 22.1. The lowest BCUT2D eigenvalue weighted by atomic mass is 9.88. The minimum absolute atomic E-state index is 0.132. The van der Waals surface area contributed by atoms with Crippen molar-refractivity contribution in [3.63, 3.8) is 0 Å². The fourth-order valence-corrected chi connectivity index (χ4v) is 8.77. The van der Waals surface area contributed by atoms with Crippen LogP contribution in [0.4, 0.5) is 5.69 Å². The highest BCUT2D eigenvalue weighted by Crippen LogP contribution is 2.36. The molecule has 0 aromatic heterocycles. The number of piperazine rings is 1. The second-order valence-electron chi connectivity index (χ2n) is 15.5. The van der Waals surface area contributed by atoms with Gasteiger partial charge < -0.3 is 25.0 Å². The lowest BCUT2D eigenvalue weighted by Gasteiger charge is -2.39. The monoisotopic (exact) mass is 753 g/mol. The molecule has 3 unspecified atom stereocenters. The summed E-state index contributed by atoms with van der Waals surface area (Å²) in [6, 6.07) is 32.3. The minimum atomic E-state index is -0.594. The molecule has 0 aliphatic carbocycles. The van der Waals surface area contributed by atoms with Crippen LogP contribution in [0.2, 0.25) is 0 Å². The molecular weight excluding hydrogens is 703 g/mol. The number of piperidine rings is 2. The van der Waals surface area contributed by atoms with Gasteiger partial charge in [0.1, 0.15) is 17.5 Å². The van der Waals surface area contributed by atoms with Gasteiger partial charge in [-0.3, -0.25) is 24.6 Å². The summed E-state index contributed by atoms with van der Waals surface area (Å²) in [4.78, 5) is 43.8. The van der Waals surface area contributed by atoms with E-state index in [1.54, 1.807) is 17.0 Å². The van der Waals surface area contributed by atoms with Crippen molar-refractivity contribution >= 4 is 34.6 Å². The second kappa shape index (κ2) is 16.7. The fourth-order valence-electron chi connectivity index (χ4n) is 8.77. The first-order valence-corrected chi connectivity index (χ1v) is 20.1. The Labute approximate surface area is 329 Å². The predicted octanol–water partition coefficient (Wildman–Crippen LogP) is 6.09. The van der Waals surface area contributed by atoms with Crippen LogP contribution in [0.5, 0.6) is 11.5 Å². The smallest absolute Gasteiger partial charge is 0.255 e. The lowest BCUT2D eigenvalue weighted by molar-refractivity contribution is -0.136. The van der Waals surface area contributed by atoms with Crippen molar-refractivity contribution < 1.29 is 24.2 Å². The van der Waals surface area contributed by atoms with Crippen molar-refractivity contribution in [1.29, 1.82) is 0 Å². The fraction of sp³-hybridized carbons (Fsp3) is 0.370. The number of anilines is 1. The molecule has 3 atom stereocenters. The second-order valence-corrected chi connectivity index (χ2v) is 15.5. The Balaban J connectivity index is 0.801. The number of ether oxygens (including phenoxy) is 1. The number of fused-ring (bicyclic) bond motifs is 1. The Bertz CT molecular complexity index is 2070. The average Bonchev–Trinajstić information content (AvgIpc) is 3.55. The van der Waals surface area contributed by atoms with Gasteiger partial charge in [-0.25, -0.2) is 0 Å². The maximum absolute atomic E-state index is 13.1. The first kappa shape index (κ1) is 37.5. The number of phenolic OH excluding ortho intramolecular Hbond substituents is 1. The Kier molecular flexibility index (Phi) is 11.2. The van der Waals surface area contributed by atoms with Gasteiger partial charge in [0.05, 0.1) is 6.61 Å². The van der Waals surface area contributed by atoms with Crippen LogP contribution in [0, 0.1) is 5.92 Å². The van der Waals surface area contributed by atoms with Crippen LogP contribution in [0.25, 0.3) is 11.1 Å². The number of carbonyl (C=O) groups excluding carboxylic acids is 3. The van der Waals surface area contributed by atoms with E-state index in [9.17, 15) is 19.5 Å².